The molecule has 0 fully saturated rings. The van der Waals surface area contributed by atoms with E-state index in [2.05, 4.69) is 4.98 Å². The van der Waals surface area contributed by atoms with Crippen molar-refractivity contribution >= 4 is 10.9 Å². The summed E-state index contributed by atoms with van der Waals surface area (Å²) in [5, 5.41) is 1.17. The summed E-state index contributed by atoms with van der Waals surface area (Å²) < 4.78 is 10.6. The second-order valence-corrected chi connectivity index (χ2v) is 3.18. The Balaban J connectivity index is 2.79. The third-order valence-corrected chi connectivity index (χ3v) is 2.45. The minimum atomic E-state index is 0.764. The largest absolute Gasteiger partial charge is 0.493 e. The molecule has 1 aromatic carbocycles. The van der Waals surface area contributed by atoms with Gasteiger partial charge in [-0.05, 0) is 13.0 Å². The molecule has 2 rings (SSSR count). The summed E-state index contributed by atoms with van der Waals surface area (Å²) in [5.41, 5.74) is 2.17. The number of aromatic amines is 1. The van der Waals surface area contributed by atoms with Gasteiger partial charge in [-0.2, -0.15) is 0 Å². The molecule has 2 aromatic rings. The average molecular weight is 191 g/mol. The summed E-state index contributed by atoms with van der Waals surface area (Å²) in [7, 11) is 3.30. The predicted molar refractivity (Wildman–Crippen MR) is 56.1 cm³/mol. The van der Waals surface area contributed by atoms with Crippen LogP contribution in [0.3, 0.4) is 0 Å². The molecule has 3 heteroatoms. The molecule has 0 spiro atoms. The first-order valence-corrected chi connectivity index (χ1v) is 4.46. The van der Waals surface area contributed by atoms with Gasteiger partial charge in [0.15, 0.2) is 11.5 Å². The molecule has 0 aliphatic heterocycles. The van der Waals surface area contributed by atoms with E-state index in [4.69, 9.17) is 9.47 Å². The van der Waals surface area contributed by atoms with Crippen LogP contribution < -0.4 is 9.47 Å². The van der Waals surface area contributed by atoms with Crippen molar-refractivity contribution in [2.24, 2.45) is 0 Å². The zero-order valence-electron chi connectivity index (χ0n) is 8.55. The van der Waals surface area contributed by atoms with Gasteiger partial charge in [0, 0.05) is 28.7 Å². The smallest absolute Gasteiger partial charge is 0.164 e. The first kappa shape index (κ1) is 8.94. The summed E-state index contributed by atoms with van der Waals surface area (Å²) in [6, 6.07) is 3.98. The van der Waals surface area contributed by atoms with Crippen molar-refractivity contribution in [2.75, 3.05) is 14.2 Å². The average Bonchev–Trinajstić information content (AvgIpc) is 2.65. The third kappa shape index (κ3) is 1.13. The summed E-state index contributed by atoms with van der Waals surface area (Å²) in [6.07, 6.45) is 1.91. The summed E-state index contributed by atoms with van der Waals surface area (Å²) >= 11 is 0. The van der Waals surface area contributed by atoms with Gasteiger partial charge in [-0.1, -0.05) is 0 Å². The molecule has 1 N–H and O–H groups in total. The summed E-state index contributed by atoms with van der Waals surface area (Å²) in [5.74, 6) is 1.57. The Morgan fingerprint density at radius 1 is 1.21 bits per heavy atom. The van der Waals surface area contributed by atoms with Crippen LogP contribution in [0, 0.1) is 6.92 Å². The zero-order valence-corrected chi connectivity index (χ0v) is 8.55. The first-order valence-electron chi connectivity index (χ1n) is 4.46. The monoisotopic (exact) mass is 191 g/mol. The van der Waals surface area contributed by atoms with Gasteiger partial charge in [0.1, 0.15) is 0 Å². The van der Waals surface area contributed by atoms with Gasteiger partial charge in [0.05, 0.1) is 14.2 Å². The highest BCUT2D eigenvalue weighted by Gasteiger charge is 2.11. The Morgan fingerprint density at radius 2 is 2.00 bits per heavy atom. The molecule has 0 radical (unpaired) electrons. The van der Waals surface area contributed by atoms with Crippen molar-refractivity contribution in [1.82, 2.24) is 4.98 Å². The van der Waals surface area contributed by atoms with E-state index in [1.807, 2.05) is 25.3 Å². The number of methoxy groups -OCH3 is 2. The Bertz CT molecular complexity index is 460. The van der Waals surface area contributed by atoms with Gasteiger partial charge in [-0.3, -0.25) is 0 Å². The van der Waals surface area contributed by atoms with Gasteiger partial charge in [0.2, 0.25) is 0 Å². The van der Waals surface area contributed by atoms with Crippen LogP contribution >= 0.6 is 0 Å². The highest BCUT2D eigenvalue weighted by molar-refractivity contribution is 5.87. The topological polar surface area (TPSA) is 34.2 Å². The van der Waals surface area contributed by atoms with Crippen LogP contribution in [0.2, 0.25) is 0 Å². The van der Waals surface area contributed by atoms with E-state index in [-0.39, 0.29) is 0 Å². The van der Waals surface area contributed by atoms with Crippen molar-refractivity contribution in [3.8, 4) is 11.5 Å². The number of hydrogen-bond acceptors (Lipinski definition) is 2. The van der Waals surface area contributed by atoms with Gasteiger partial charge in [0.25, 0.3) is 0 Å². The molecule has 0 bridgehead atoms. The highest BCUT2D eigenvalue weighted by Crippen LogP contribution is 2.36. The minimum absolute atomic E-state index is 0.764. The number of rotatable bonds is 2. The van der Waals surface area contributed by atoms with E-state index < -0.39 is 0 Å². The molecule has 0 aliphatic carbocycles. The summed E-state index contributed by atoms with van der Waals surface area (Å²) in [6.45, 7) is 2.03. The molecule has 74 valence electrons. The van der Waals surface area contributed by atoms with E-state index in [1.165, 1.54) is 5.39 Å². The zero-order chi connectivity index (χ0) is 10.1. The van der Waals surface area contributed by atoms with Crippen LogP contribution in [-0.2, 0) is 0 Å². The lowest BCUT2D eigenvalue weighted by Crippen LogP contribution is -1.93. The quantitative estimate of drug-likeness (QED) is 0.791. The molecule has 3 nitrogen and oxygen atoms in total. The van der Waals surface area contributed by atoms with Crippen molar-refractivity contribution in [1.29, 1.82) is 0 Å². The number of hydrogen-bond donors (Lipinski definition) is 1. The van der Waals surface area contributed by atoms with Crippen molar-refractivity contribution in [3.05, 3.63) is 23.9 Å². The molecule has 0 amide bonds. The minimum Gasteiger partial charge on any atom is -0.493 e. The number of aryl methyl sites for hydroxylation is 1. The second kappa shape index (κ2) is 3.25. The van der Waals surface area contributed by atoms with E-state index in [9.17, 15) is 0 Å². The van der Waals surface area contributed by atoms with Gasteiger partial charge in [-0.25, -0.2) is 0 Å². The maximum Gasteiger partial charge on any atom is 0.164 e. The SMILES string of the molecule is COc1cc2[nH]ccc2c(C)c1OC. The van der Waals surface area contributed by atoms with E-state index in [1.54, 1.807) is 14.2 Å². The van der Waals surface area contributed by atoms with Crippen LogP contribution in [0.1, 0.15) is 5.56 Å². The fraction of sp³-hybridized carbons (Fsp3) is 0.273. The van der Waals surface area contributed by atoms with Gasteiger partial charge >= 0.3 is 0 Å². The Morgan fingerprint density at radius 3 is 2.64 bits per heavy atom. The standard InChI is InChI=1S/C11H13NO2/c1-7-8-4-5-12-9(8)6-10(13-2)11(7)14-3/h4-6,12H,1-3H3. The van der Waals surface area contributed by atoms with Crippen LogP contribution in [-0.4, -0.2) is 19.2 Å². The van der Waals surface area contributed by atoms with Crippen LogP contribution in [0.4, 0.5) is 0 Å². The lowest BCUT2D eigenvalue weighted by atomic mass is 10.1. The normalized spacial score (nSPS) is 10.5. The molecular weight excluding hydrogens is 178 g/mol. The third-order valence-electron chi connectivity index (χ3n) is 2.45. The lowest BCUT2D eigenvalue weighted by Gasteiger charge is -2.10. The lowest BCUT2D eigenvalue weighted by molar-refractivity contribution is 0.354. The molecule has 0 atom stereocenters. The van der Waals surface area contributed by atoms with Gasteiger partial charge in [-0.15, -0.1) is 0 Å². The maximum atomic E-state index is 5.31. The molecule has 1 aromatic heterocycles. The number of ether oxygens (including phenoxy) is 2. The maximum absolute atomic E-state index is 5.31. The molecule has 0 saturated heterocycles. The number of aromatic nitrogens is 1. The molecule has 14 heavy (non-hydrogen) atoms. The second-order valence-electron chi connectivity index (χ2n) is 3.18. The van der Waals surface area contributed by atoms with Crippen molar-refractivity contribution < 1.29 is 9.47 Å². The molecular formula is C11H13NO2. The number of fused-ring (bicyclic) bond motifs is 1. The fourth-order valence-electron chi connectivity index (χ4n) is 1.74. The predicted octanol–water partition coefficient (Wildman–Crippen LogP) is 2.49. The number of benzene rings is 1. The first-order chi connectivity index (χ1) is 6.77. The van der Waals surface area contributed by atoms with Crippen molar-refractivity contribution in [3.63, 3.8) is 0 Å². The van der Waals surface area contributed by atoms with E-state index in [0.717, 1.165) is 22.6 Å². The Labute approximate surface area is 82.6 Å². The molecule has 0 saturated carbocycles. The van der Waals surface area contributed by atoms with E-state index >= 15 is 0 Å². The Kier molecular flexibility index (Phi) is 2.08. The molecule has 1 heterocycles. The van der Waals surface area contributed by atoms with Crippen LogP contribution in [0.15, 0.2) is 18.3 Å². The summed E-state index contributed by atoms with van der Waals surface area (Å²) in [4.78, 5) is 3.15. The van der Waals surface area contributed by atoms with Crippen LogP contribution in [0.25, 0.3) is 10.9 Å². The van der Waals surface area contributed by atoms with Crippen LogP contribution in [0.5, 0.6) is 11.5 Å². The highest BCUT2D eigenvalue weighted by atomic mass is 16.5. The number of nitrogens with one attached hydrogen (secondary N) is 1. The van der Waals surface area contributed by atoms with E-state index in [0.29, 0.717) is 0 Å². The molecule has 0 aliphatic rings. The van der Waals surface area contributed by atoms with Crippen molar-refractivity contribution in [2.45, 2.75) is 6.92 Å². The molecule has 0 unspecified atom stereocenters. The van der Waals surface area contributed by atoms with Gasteiger partial charge < -0.3 is 14.5 Å². The number of H-pyrrole nitrogens is 1. The fourth-order valence-corrected chi connectivity index (χ4v) is 1.74. The Hall–Kier alpha value is -1.64.